The lowest BCUT2D eigenvalue weighted by Crippen LogP contribution is -2.32. The van der Waals surface area contributed by atoms with Gasteiger partial charge in [0.2, 0.25) is 0 Å². The molecule has 0 aliphatic carbocycles. The van der Waals surface area contributed by atoms with Crippen molar-refractivity contribution >= 4 is 22.6 Å². The molecule has 1 rings (SSSR count). The molecule has 19 heavy (non-hydrogen) atoms. The van der Waals surface area contributed by atoms with E-state index in [1.54, 1.807) is 6.92 Å². The average Bonchev–Trinajstić information content (AvgIpc) is 2.35. The van der Waals surface area contributed by atoms with Crippen molar-refractivity contribution in [3.63, 3.8) is 0 Å². The van der Waals surface area contributed by atoms with E-state index in [-0.39, 0.29) is 0 Å². The Balaban J connectivity index is 2.88. The minimum absolute atomic E-state index is 0.399. The molecule has 0 aromatic heterocycles. The molecule has 1 unspecified atom stereocenters. The summed E-state index contributed by atoms with van der Waals surface area (Å²) >= 11 is 2.05. The van der Waals surface area contributed by atoms with Gasteiger partial charge in [-0.1, -0.05) is 60.7 Å². The third-order valence-corrected chi connectivity index (χ3v) is 4.45. The molecular weight excluding hydrogens is 368 g/mol. The zero-order chi connectivity index (χ0) is 14.7. The van der Waals surface area contributed by atoms with Crippen LogP contribution in [0.25, 0.3) is 0 Å². The van der Waals surface area contributed by atoms with Crippen LogP contribution in [0.5, 0.6) is 0 Å². The standard InChI is InChI=1S/C14H18F3IO/c1-10(2)11-4-6-12(7-5-11)13(3,8-18)19-9-14(15,16)17/h4-7,10H,8-9H2,1-3H3. The monoisotopic (exact) mass is 386 g/mol. The molecule has 0 bridgehead atoms. The molecule has 108 valence electrons. The number of benzene rings is 1. The van der Waals surface area contributed by atoms with Gasteiger partial charge in [-0.2, -0.15) is 13.2 Å². The molecule has 0 heterocycles. The van der Waals surface area contributed by atoms with Crippen LogP contribution in [0.15, 0.2) is 24.3 Å². The van der Waals surface area contributed by atoms with Crippen molar-refractivity contribution < 1.29 is 17.9 Å². The topological polar surface area (TPSA) is 9.23 Å². The maximum Gasteiger partial charge on any atom is 0.411 e. The molecule has 1 nitrogen and oxygen atoms in total. The van der Waals surface area contributed by atoms with E-state index in [2.05, 4.69) is 36.4 Å². The summed E-state index contributed by atoms with van der Waals surface area (Å²) in [7, 11) is 0. The van der Waals surface area contributed by atoms with E-state index >= 15 is 0 Å². The first-order chi connectivity index (χ1) is 8.68. The lowest BCUT2D eigenvalue weighted by Gasteiger charge is -2.29. The highest BCUT2D eigenvalue weighted by molar-refractivity contribution is 14.1. The first kappa shape index (κ1) is 16.8. The van der Waals surface area contributed by atoms with E-state index in [0.29, 0.717) is 10.3 Å². The van der Waals surface area contributed by atoms with Crippen LogP contribution >= 0.6 is 22.6 Å². The van der Waals surface area contributed by atoms with Crippen molar-refractivity contribution in [2.45, 2.75) is 38.5 Å². The number of hydrogen-bond acceptors (Lipinski definition) is 1. The lowest BCUT2D eigenvalue weighted by molar-refractivity contribution is -0.200. The normalized spacial score (nSPS) is 15.6. The number of alkyl halides is 4. The van der Waals surface area contributed by atoms with Crippen molar-refractivity contribution in [3.8, 4) is 0 Å². The Morgan fingerprint density at radius 1 is 1.16 bits per heavy atom. The summed E-state index contributed by atoms with van der Waals surface area (Å²) in [6, 6.07) is 7.59. The number of halogens is 4. The maximum atomic E-state index is 12.3. The second-order valence-corrected chi connectivity index (χ2v) is 5.81. The Bertz CT molecular complexity index is 400. The van der Waals surface area contributed by atoms with Gasteiger partial charge in [0.1, 0.15) is 6.61 Å². The van der Waals surface area contributed by atoms with Crippen molar-refractivity contribution in [1.29, 1.82) is 0 Å². The minimum Gasteiger partial charge on any atom is -0.360 e. The Labute approximate surface area is 125 Å². The Morgan fingerprint density at radius 3 is 2.05 bits per heavy atom. The maximum absolute atomic E-state index is 12.3. The molecule has 5 heteroatoms. The highest BCUT2D eigenvalue weighted by Gasteiger charge is 2.34. The summed E-state index contributed by atoms with van der Waals surface area (Å²) in [5.41, 5.74) is 1.02. The second-order valence-electron chi connectivity index (χ2n) is 5.05. The van der Waals surface area contributed by atoms with Crippen LogP contribution in [0.3, 0.4) is 0 Å². The van der Waals surface area contributed by atoms with E-state index in [9.17, 15) is 13.2 Å². The fraction of sp³-hybridized carbons (Fsp3) is 0.571. The van der Waals surface area contributed by atoms with Gasteiger partial charge in [-0.15, -0.1) is 0 Å². The lowest BCUT2D eigenvalue weighted by atomic mass is 9.94. The number of rotatable bonds is 5. The third-order valence-electron chi connectivity index (χ3n) is 3.00. The van der Waals surface area contributed by atoms with Gasteiger partial charge in [0.25, 0.3) is 0 Å². The molecule has 0 aliphatic heterocycles. The van der Waals surface area contributed by atoms with E-state index in [0.717, 1.165) is 11.1 Å². The molecule has 1 aromatic carbocycles. The molecule has 0 fully saturated rings. The van der Waals surface area contributed by atoms with E-state index in [1.165, 1.54) is 0 Å². The smallest absolute Gasteiger partial charge is 0.360 e. The van der Waals surface area contributed by atoms with E-state index in [4.69, 9.17) is 4.74 Å². The van der Waals surface area contributed by atoms with Gasteiger partial charge in [0.05, 0.1) is 5.60 Å². The Kier molecular flexibility index (Phi) is 5.67. The quantitative estimate of drug-likeness (QED) is 0.509. The molecule has 0 amide bonds. The molecule has 0 radical (unpaired) electrons. The predicted molar refractivity (Wildman–Crippen MR) is 78.8 cm³/mol. The van der Waals surface area contributed by atoms with Crippen LogP contribution in [-0.2, 0) is 10.3 Å². The van der Waals surface area contributed by atoms with Gasteiger partial charge >= 0.3 is 6.18 Å². The van der Waals surface area contributed by atoms with Gasteiger partial charge in [-0.25, -0.2) is 0 Å². The molecule has 0 N–H and O–H groups in total. The van der Waals surface area contributed by atoms with Gasteiger partial charge in [-0.05, 0) is 24.0 Å². The largest absolute Gasteiger partial charge is 0.411 e. The SMILES string of the molecule is CC(C)c1ccc(C(C)(CI)OCC(F)(F)F)cc1. The first-order valence-corrected chi connectivity index (χ1v) is 7.57. The fourth-order valence-electron chi connectivity index (χ4n) is 1.66. The minimum atomic E-state index is -4.30. The molecule has 0 aliphatic rings. The van der Waals surface area contributed by atoms with Gasteiger partial charge < -0.3 is 4.74 Å². The van der Waals surface area contributed by atoms with Crippen LogP contribution in [0.2, 0.25) is 0 Å². The zero-order valence-corrected chi connectivity index (χ0v) is 13.4. The summed E-state index contributed by atoms with van der Waals surface area (Å²) in [6.45, 7) is 4.62. The van der Waals surface area contributed by atoms with E-state index < -0.39 is 18.4 Å². The Hall–Kier alpha value is -0.300. The van der Waals surface area contributed by atoms with Crippen molar-refractivity contribution in [3.05, 3.63) is 35.4 Å². The molecule has 0 spiro atoms. The van der Waals surface area contributed by atoms with Crippen molar-refractivity contribution in [2.75, 3.05) is 11.0 Å². The van der Waals surface area contributed by atoms with Crippen LogP contribution in [0, 0.1) is 0 Å². The highest BCUT2D eigenvalue weighted by atomic mass is 127. The number of hydrogen-bond donors (Lipinski definition) is 0. The molecule has 0 saturated carbocycles. The second kappa shape index (κ2) is 6.43. The molecular formula is C14H18F3IO. The summed E-state index contributed by atoms with van der Waals surface area (Å²) in [5.74, 6) is 0.399. The van der Waals surface area contributed by atoms with Crippen LogP contribution < -0.4 is 0 Å². The fourth-order valence-corrected chi connectivity index (χ4v) is 2.32. The van der Waals surface area contributed by atoms with Crippen LogP contribution in [-0.4, -0.2) is 17.2 Å². The Morgan fingerprint density at radius 2 is 1.68 bits per heavy atom. The summed E-state index contributed by atoms with van der Waals surface area (Å²) in [4.78, 5) is 0. The number of ether oxygens (including phenoxy) is 1. The summed E-state index contributed by atoms with van der Waals surface area (Å²) in [6.07, 6.45) is -4.30. The third kappa shape index (κ3) is 4.95. The van der Waals surface area contributed by atoms with Crippen LogP contribution in [0.1, 0.15) is 37.8 Å². The van der Waals surface area contributed by atoms with E-state index in [1.807, 2.05) is 24.3 Å². The molecule has 1 aromatic rings. The van der Waals surface area contributed by atoms with Crippen molar-refractivity contribution in [1.82, 2.24) is 0 Å². The van der Waals surface area contributed by atoms with Gasteiger partial charge in [0, 0.05) is 4.43 Å². The highest BCUT2D eigenvalue weighted by Crippen LogP contribution is 2.31. The van der Waals surface area contributed by atoms with Gasteiger partial charge in [0.15, 0.2) is 0 Å². The summed E-state index contributed by atoms with van der Waals surface area (Å²) in [5, 5.41) is 0. The average molecular weight is 386 g/mol. The van der Waals surface area contributed by atoms with Gasteiger partial charge in [-0.3, -0.25) is 0 Å². The van der Waals surface area contributed by atoms with Crippen molar-refractivity contribution in [2.24, 2.45) is 0 Å². The predicted octanol–water partition coefficient (Wildman–Crippen LogP) is 5.04. The zero-order valence-electron chi connectivity index (χ0n) is 11.2. The molecule has 1 atom stereocenters. The summed E-state index contributed by atoms with van der Waals surface area (Å²) < 4.78 is 42.4. The van der Waals surface area contributed by atoms with Crippen LogP contribution in [0.4, 0.5) is 13.2 Å². The molecule has 0 saturated heterocycles. The first-order valence-electron chi connectivity index (χ1n) is 6.05.